The van der Waals surface area contributed by atoms with Crippen LogP contribution >= 0.6 is 11.6 Å². The predicted octanol–water partition coefficient (Wildman–Crippen LogP) is 4.05. The van der Waals surface area contributed by atoms with Crippen molar-refractivity contribution < 1.29 is 27.6 Å². The maximum absolute atomic E-state index is 14.2. The van der Waals surface area contributed by atoms with Crippen LogP contribution in [0.2, 0.25) is 5.02 Å². The first-order chi connectivity index (χ1) is 13.9. The molecule has 9 heteroatoms. The van der Waals surface area contributed by atoms with Gasteiger partial charge < -0.3 is 14.6 Å². The van der Waals surface area contributed by atoms with Crippen LogP contribution in [-0.4, -0.2) is 23.6 Å². The summed E-state index contributed by atoms with van der Waals surface area (Å²) in [4.78, 5) is 24.4. The number of hydrogen-bond donors (Lipinski definition) is 1. The van der Waals surface area contributed by atoms with Gasteiger partial charge in [0.2, 0.25) is 0 Å². The smallest absolute Gasteiger partial charge is 0.344 e. The number of esters is 1. The Morgan fingerprint density at radius 3 is 2.59 bits per heavy atom. The predicted molar refractivity (Wildman–Crippen MR) is 100 cm³/mol. The van der Waals surface area contributed by atoms with E-state index in [2.05, 4.69) is 10.5 Å². The van der Waals surface area contributed by atoms with Crippen LogP contribution < -0.4 is 5.32 Å². The van der Waals surface area contributed by atoms with Crippen molar-refractivity contribution in [3.63, 3.8) is 0 Å². The molecule has 0 aliphatic rings. The molecule has 0 fully saturated rings. The summed E-state index contributed by atoms with van der Waals surface area (Å²) in [6, 6.07) is 9.97. The molecule has 0 radical (unpaired) electrons. The van der Waals surface area contributed by atoms with E-state index in [-0.39, 0.29) is 34.1 Å². The molecule has 0 aliphatic carbocycles. The van der Waals surface area contributed by atoms with Gasteiger partial charge in [0.25, 0.3) is 5.91 Å². The number of hydrogen-bond acceptors (Lipinski definition) is 5. The van der Waals surface area contributed by atoms with E-state index in [1.165, 1.54) is 37.3 Å². The molecule has 150 valence electrons. The molecule has 1 N–H and O–H groups in total. The first-order valence-corrected chi connectivity index (χ1v) is 8.84. The van der Waals surface area contributed by atoms with Crippen molar-refractivity contribution in [2.75, 3.05) is 6.61 Å². The number of carbonyl (C=O) groups is 2. The average Bonchev–Trinajstić information content (AvgIpc) is 3.06. The summed E-state index contributed by atoms with van der Waals surface area (Å²) in [6.07, 6.45) is 0. The fraction of sp³-hybridized carbons (Fsp3) is 0.150. The van der Waals surface area contributed by atoms with E-state index in [0.29, 0.717) is 5.56 Å². The Bertz CT molecular complexity index is 1050. The van der Waals surface area contributed by atoms with E-state index in [0.717, 1.165) is 6.07 Å². The first kappa shape index (κ1) is 20.5. The van der Waals surface area contributed by atoms with E-state index in [1.807, 2.05) is 0 Å². The Hall–Kier alpha value is -3.26. The van der Waals surface area contributed by atoms with E-state index in [1.54, 1.807) is 6.07 Å². The summed E-state index contributed by atoms with van der Waals surface area (Å²) in [5, 5.41) is 6.18. The number of halogens is 3. The molecule has 1 aromatic heterocycles. The number of rotatable bonds is 6. The normalized spacial score (nSPS) is 10.6. The van der Waals surface area contributed by atoms with Gasteiger partial charge in [-0.25, -0.2) is 13.6 Å². The largest absolute Gasteiger partial charge is 0.452 e. The molecule has 1 heterocycles. The van der Waals surface area contributed by atoms with Crippen LogP contribution in [0.3, 0.4) is 0 Å². The van der Waals surface area contributed by atoms with Crippen LogP contribution in [0.5, 0.6) is 0 Å². The summed E-state index contributed by atoms with van der Waals surface area (Å²) >= 11 is 6.02. The molecule has 0 unspecified atom stereocenters. The molecule has 0 saturated carbocycles. The van der Waals surface area contributed by atoms with Gasteiger partial charge in [-0.2, -0.15) is 0 Å². The van der Waals surface area contributed by atoms with Gasteiger partial charge >= 0.3 is 5.97 Å². The number of nitrogens with one attached hydrogen (secondary N) is 1. The van der Waals surface area contributed by atoms with E-state index in [4.69, 9.17) is 20.9 Å². The third kappa shape index (κ3) is 4.60. The number of aromatic nitrogens is 1. The van der Waals surface area contributed by atoms with Gasteiger partial charge in [-0.3, -0.25) is 4.79 Å². The monoisotopic (exact) mass is 420 g/mol. The first-order valence-electron chi connectivity index (χ1n) is 8.46. The standard InChI is InChI=1S/C20H15ClF2N2O4/c1-11-17(19(25-29-11)18-13(21)6-4-8-15(18)23)20(27)28-10-16(26)24-9-12-5-2-3-7-14(12)22/h2-8H,9-10H2,1H3,(H,24,26). The van der Waals surface area contributed by atoms with Crippen LogP contribution in [0.15, 0.2) is 47.0 Å². The van der Waals surface area contributed by atoms with E-state index in [9.17, 15) is 18.4 Å². The zero-order valence-electron chi connectivity index (χ0n) is 15.2. The van der Waals surface area contributed by atoms with Crippen molar-refractivity contribution in [1.29, 1.82) is 0 Å². The highest BCUT2D eigenvalue weighted by Gasteiger charge is 2.27. The number of ether oxygens (including phenoxy) is 1. The topological polar surface area (TPSA) is 81.4 Å². The minimum absolute atomic E-state index is 0.0370. The van der Waals surface area contributed by atoms with Crippen molar-refractivity contribution in [3.8, 4) is 11.3 Å². The van der Waals surface area contributed by atoms with Gasteiger partial charge in [-0.1, -0.05) is 41.0 Å². The summed E-state index contributed by atoms with van der Waals surface area (Å²) in [5.41, 5.74) is -0.0817. The maximum Gasteiger partial charge on any atom is 0.344 e. The van der Waals surface area contributed by atoms with E-state index < -0.39 is 30.1 Å². The van der Waals surface area contributed by atoms with Gasteiger partial charge in [-0.05, 0) is 25.1 Å². The van der Waals surface area contributed by atoms with Crippen molar-refractivity contribution in [1.82, 2.24) is 10.5 Å². The Kier molecular flexibility index (Phi) is 6.23. The lowest BCUT2D eigenvalue weighted by atomic mass is 10.1. The third-order valence-corrected chi connectivity index (χ3v) is 4.35. The molecule has 3 aromatic rings. The number of benzene rings is 2. The van der Waals surface area contributed by atoms with Crippen LogP contribution in [0, 0.1) is 18.6 Å². The third-order valence-electron chi connectivity index (χ3n) is 4.03. The Morgan fingerprint density at radius 2 is 1.86 bits per heavy atom. The van der Waals surface area contributed by atoms with Crippen LogP contribution in [0.4, 0.5) is 8.78 Å². The fourth-order valence-electron chi connectivity index (χ4n) is 2.60. The highest BCUT2D eigenvalue weighted by molar-refractivity contribution is 6.33. The minimum atomic E-state index is -0.931. The van der Waals surface area contributed by atoms with Crippen LogP contribution in [-0.2, 0) is 16.1 Å². The van der Waals surface area contributed by atoms with Gasteiger partial charge in [0.05, 0.1) is 10.6 Å². The lowest BCUT2D eigenvalue weighted by Crippen LogP contribution is -2.28. The summed E-state index contributed by atoms with van der Waals surface area (Å²) in [6.45, 7) is 0.758. The van der Waals surface area contributed by atoms with Gasteiger partial charge in [0.1, 0.15) is 28.7 Å². The van der Waals surface area contributed by atoms with Gasteiger partial charge in [0, 0.05) is 12.1 Å². The molecule has 0 atom stereocenters. The number of aryl methyl sites for hydroxylation is 1. The Balaban J connectivity index is 1.68. The molecule has 2 aromatic carbocycles. The van der Waals surface area contributed by atoms with Crippen molar-refractivity contribution in [2.24, 2.45) is 0 Å². The van der Waals surface area contributed by atoms with Crippen LogP contribution in [0.25, 0.3) is 11.3 Å². The average molecular weight is 421 g/mol. The molecular formula is C20H15ClF2N2O4. The highest BCUT2D eigenvalue weighted by atomic mass is 35.5. The zero-order valence-corrected chi connectivity index (χ0v) is 15.9. The molecule has 0 spiro atoms. The van der Waals surface area contributed by atoms with Crippen molar-refractivity contribution in [3.05, 3.63) is 76.0 Å². The fourth-order valence-corrected chi connectivity index (χ4v) is 2.85. The molecule has 6 nitrogen and oxygen atoms in total. The molecule has 29 heavy (non-hydrogen) atoms. The van der Waals surface area contributed by atoms with Gasteiger partial charge in [-0.15, -0.1) is 0 Å². The highest BCUT2D eigenvalue weighted by Crippen LogP contribution is 2.33. The SMILES string of the molecule is Cc1onc(-c2c(F)cccc2Cl)c1C(=O)OCC(=O)NCc1ccccc1F. The Morgan fingerprint density at radius 1 is 1.14 bits per heavy atom. The molecule has 0 bridgehead atoms. The zero-order chi connectivity index (χ0) is 21.0. The number of carbonyl (C=O) groups excluding carboxylic acids is 2. The number of amides is 1. The molecular weight excluding hydrogens is 406 g/mol. The van der Waals surface area contributed by atoms with Crippen LogP contribution in [0.1, 0.15) is 21.7 Å². The lowest BCUT2D eigenvalue weighted by molar-refractivity contribution is -0.124. The maximum atomic E-state index is 14.2. The summed E-state index contributed by atoms with van der Waals surface area (Å²) in [7, 11) is 0. The lowest BCUT2D eigenvalue weighted by Gasteiger charge is -2.08. The van der Waals surface area contributed by atoms with E-state index >= 15 is 0 Å². The second kappa shape index (κ2) is 8.83. The number of nitrogens with zero attached hydrogens (tertiary/aromatic N) is 1. The van der Waals surface area contributed by atoms with Crippen molar-refractivity contribution in [2.45, 2.75) is 13.5 Å². The molecule has 0 aliphatic heterocycles. The van der Waals surface area contributed by atoms with Gasteiger partial charge in [0.15, 0.2) is 6.61 Å². The summed E-state index contributed by atoms with van der Waals surface area (Å²) < 4.78 is 37.7. The minimum Gasteiger partial charge on any atom is -0.452 e. The second-order valence-electron chi connectivity index (χ2n) is 6.00. The molecule has 1 amide bonds. The second-order valence-corrected chi connectivity index (χ2v) is 6.41. The quantitative estimate of drug-likeness (QED) is 0.608. The molecule has 3 rings (SSSR count). The molecule has 0 saturated heterocycles. The Labute approximate surface area is 169 Å². The summed E-state index contributed by atoms with van der Waals surface area (Å²) in [5.74, 6) is -2.64. The van der Waals surface area contributed by atoms with Crippen molar-refractivity contribution >= 4 is 23.5 Å².